The van der Waals surface area contributed by atoms with Gasteiger partial charge in [0.1, 0.15) is 0 Å². The Hall–Kier alpha value is -1.40. The maximum absolute atomic E-state index is 12.6. The zero-order valence-electron chi connectivity index (χ0n) is 14.1. The lowest BCUT2D eigenvalue weighted by molar-refractivity contribution is 0.187. The molecule has 0 spiro atoms. The van der Waals surface area contributed by atoms with Crippen LogP contribution in [0.15, 0.2) is 59.5 Å². The number of aryl methyl sites for hydroxylation is 1. The molecule has 0 amide bonds. The van der Waals surface area contributed by atoms with Crippen molar-refractivity contribution in [3.05, 3.63) is 65.2 Å². The maximum Gasteiger partial charge on any atom is 0.243 e. The van der Waals surface area contributed by atoms with E-state index in [4.69, 9.17) is 11.6 Å². The lowest BCUT2D eigenvalue weighted by Crippen LogP contribution is -2.48. The Morgan fingerprint density at radius 3 is 2.20 bits per heavy atom. The molecule has 0 bridgehead atoms. The highest BCUT2D eigenvalue weighted by Crippen LogP contribution is 2.19. The molecular weight excluding hydrogens is 356 g/mol. The van der Waals surface area contributed by atoms with Crippen molar-refractivity contribution in [2.45, 2.75) is 17.7 Å². The van der Waals surface area contributed by atoms with Gasteiger partial charge in [0, 0.05) is 31.2 Å². The Morgan fingerprint density at radius 1 is 0.880 bits per heavy atom. The Balaban J connectivity index is 1.48. The molecule has 3 rings (SSSR count). The third-order valence-electron chi connectivity index (χ3n) is 4.59. The summed E-state index contributed by atoms with van der Waals surface area (Å²) in [5.74, 6) is 0. The average molecular weight is 379 g/mol. The molecule has 0 N–H and O–H groups in total. The molecule has 1 heterocycles. The Labute approximate surface area is 155 Å². The first kappa shape index (κ1) is 18.4. The van der Waals surface area contributed by atoms with Gasteiger partial charge in [0.25, 0.3) is 0 Å². The standard InChI is InChI=1S/C19H23ClN2O2S/c20-19-11-5-4-7-17(19)8-6-12-21-13-15-22(16-14-21)25(23,24)18-9-2-1-3-10-18/h1-5,7,9-11H,6,8,12-16H2. The summed E-state index contributed by atoms with van der Waals surface area (Å²) in [6, 6.07) is 16.6. The third-order valence-corrected chi connectivity index (χ3v) is 6.87. The van der Waals surface area contributed by atoms with Crippen LogP contribution in [0.5, 0.6) is 0 Å². The molecule has 4 nitrogen and oxygen atoms in total. The summed E-state index contributed by atoms with van der Waals surface area (Å²) < 4.78 is 26.8. The molecule has 1 aliphatic heterocycles. The van der Waals surface area contributed by atoms with Gasteiger partial charge in [0.15, 0.2) is 0 Å². The van der Waals surface area contributed by atoms with Crippen LogP contribution in [-0.2, 0) is 16.4 Å². The van der Waals surface area contributed by atoms with Crippen LogP contribution in [0.1, 0.15) is 12.0 Å². The Bertz CT molecular complexity index is 788. The number of rotatable bonds is 6. The van der Waals surface area contributed by atoms with Crippen LogP contribution in [0.3, 0.4) is 0 Å². The molecule has 0 aromatic heterocycles. The predicted octanol–water partition coefficient (Wildman–Crippen LogP) is 3.28. The molecule has 134 valence electrons. The summed E-state index contributed by atoms with van der Waals surface area (Å²) >= 11 is 6.19. The van der Waals surface area contributed by atoms with E-state index < -0.39 is 10.0 Å². The lowest BCUT2D eigenvalue weighted by atomic mass is 10.1. The van der Waals surface area contributed by atoms with Gasteiger partial charge < -0.3 is 4.90 Å². The van der Waals surface area contributed by atoms with Gasteiger partial charge in [-0.1, -0.05) is 48.0 Å². The van der Waals surface area contributed by atoms with Gasteiger partial charge in [-0.15, -0.1) is 0 Å². The first-order valence-electron chi connectivity index (χ1n) is 8.58. The Morgan fingerprint density at radius 2 is 1.52 bits per heavy atom. The van der Waals surface area contributed by atoms with Crippen LogP contribution >= 0.6 is 11.6 Å². The van der Waals surface area contributed by atoms with E-state index in [0.29, 0.717) is 18.0 Å². The second-order valence-electron chi connectivity index (χ2n) is 6.25. The van der Waals surface area contributed by atoms with Crippen LogP contribution < -0.4 is 0 Å². The fourth-order valence-corrected chi connectivity index (χ4v) is 4.80. The van der Waals surface area contributed by atoms with Gasteiger partial charge >= 0.3 is 0 Å². The highest BCUT2D eigenvalue weighted by molar-refractivity contribution is 7.89. The fraction of sp³-hybridized carbons (Fsp3) is 0.368. The molecule has 1 fully saturated rings. The van der Waals surface area contributed by atoms with Crippen molar-refractivity contribution in [3.63, 3.8) is 0 Å². The zero-order valence-corrected chi connectivity index (χ0v) is 15.7. The van der Waals surface area contributed by atoms with E-state index in [2.05, 4.69) is 11.0 Å². The summed E-state index contributed by atoms with van der Waals surface area (Å²) in [5, 5.41) is 0.821. The second kappa shape index (κ2) is 8.32. The normalized spacial score (nSPS) is 16.8. The number of benzene rings is 2. The molecule has 0 saturated carbocycles. The van der Waals surface area contributed by atoms with E-state index in [1.807, 2.05) is 24.3 Å². The number of hydrogen-bond donors (Lipinski definition) is 0. The summed E-state index contributed by atoms with van der Waals surface area (Å²) in [5.41, 5.74) is 1.18. The van der Waals surface area contributed by atoms with Crippen LogP contribution in [0.25, 0.3) is 0 Å². The van der Waals surface area contributed by atoms with Gasteiger partial charge in [-0.3, -0.25) is 0 Å². The second-order valence-corrected chi connectivity index (χ2v) is 8.60. The van der Waals surface area contributed by atoms with E-state index in [9.17, 15) is 8.42 Å². The van der Waals surface area contributed by atoms with Crippen LogP contribution in [0.4, 0.5) is 0 Å². The van der Waals surface area contributed by atoms with E-state index in [-0.39, 0.29) is 0 Å². The number of piperazine rings is 1. The molecule has 2 aromatic rings. The summed E-state index contributed by atoms with van der Waals surface area (Å²) in [7, 11) is -3.37. The minimum Gasteiger partial charge on any atom is -0.301 e. The van der Waals surface area contributed by atoms with Crippen LogP contribution in [0.2, 0.25) is 5.02 Å². The van der Waals surface area contributed by atoms with Crippen LogP contribution in [0, 0.1) is 0 Å². The van der Waals surface area contributed by atoms with Crippen molar-refractivity contribution in [2.75, 3.05) is 32.7 Å². The first-order chi connectivity index (χ1) is 12.1. The van der Waals surface area contributed by atoms with Crippen LogP contribution in [-0.4, -0.2) is 50.3 Å². The van der Waals surface area contributed by atoms with Crippen molar-refractivity contribution in [3.8, 4) is 0 Å². The largest absolute Gasteiger partial charge is 0.301 e. The number of nitrogens with zero attached hydrogens (tertiary/aromatic N) is 2. The lowest BCUT2D eigenvalue weighted by Gasteiger charge is -2.34. The van der Waals surface area contributed by atoms with Crippen molar-refractivity contribution in [1.29, 1.82) is 0 Å². The summed E-state index contributed by atoms with van der Waals surface area (Å²) in [6.07, 6.45) is 1.97. The molecule has 2 aromatic carbocycles. The summed E-state index contributed by atoms with van der Waals surface area (Å²) in [4.78, 5) is 2.70. The molecule has 0 aliphatic carbocycles. The minimum absolute atomic E-state index is 0.377. The highest BCUT2D eigenvalue weighted by Gasteiger charge is 2.27. The number of sulfonamides is 1. The van der Waals surface area contributed by atoms with E-state index in [1.165, 1.54) is 5.56 Å². The third kappa shape index (κ3) is 4.61. The van der Waals surface area contributed by atoms with Crippen molar-refractivity contribution >= 4 is 21.6 Å². The van der Waals surface area contributed by atoms with Gasteiger partial charge in [0.05, 0.1) is 4.90 Å². The predicted molar refractivity (Wildman–Crippen MR) is 101 cm³/mol. The maximum atomic E-state index is 12.6. The van der Waals surface area contributed by atoms with Crippen molar-refractivity contribution < 1.29 is 8.42 Å². The molecule has 0 atom stereocenters. The molecule has 1 aliphatic rings. The number of hydrogen-bond acceptors (Lipinski definition) is 3. The van der Waals surface area contributed by atoms with Crippen molar-refractivity contribution in [2.24, 2.45) is 0 Å². The van der Waals surface area contributed by atoms with E-state index in [1.54, 1.807) is 28.6 Å². The summed E-state index contributed by atoms with van der Waals surface area (Å²) in [6.45, 7) is 3.60. The van der Waals surface area contributed by atoms with Gasteiger partial charge in [-0.05, 0) is 43.1 Å². The molecule has 1 saturated heterocycles. The zero-order chi connectivity index (χ0) is 17.7. The van der Waals surface area contributed by atoms with Gasteiger partial charge in [-0.25, -0.2) is 8.42 Å². The van der Waals surface area contributed by atoms with E-state index >= 15 is 0 Å². The smallest absolute Gasteiger partial charge is 0.243 e. The highest BCUT2D eigenvalue weighted by atomic mass is 35.5. The first-order valence-corrected chi connectivity index (χ1v) is 10.4. The topological polar surface area (TPSA) is 40.6 Å². The SMILES string of the molecule is O=S(=O)(c1ccccc1)N1CCN(CCCc2ccccc2Cl)CC1. The minimum atomic E-state index is -3.37. The molecular formula is C19H23ClN2O2S. The quantitative estimate of drug-likeness (QED) is 0.774. The fourth-order valence-electron chi connectivity index (χ4n) is 3.13. The Kier molecular flexibility index (Phi) is 6.12. The molecule has 0 unspecified atom stereocenters. The van der Waals surface area contributed by atoms with Crippen molar-refractivity contribution in [1.82, 2.24) is 9.21 Å². The van der Waals surface area contributed by atoms with E-state index in [0.717, 1.165) is 37.5 Å². The molecule has 6 heteroatoms. The monoisotopic (exact) mass is 378 g/mol. The van der Waals surface area contributed by atoms with Gasteiger partial charge in [0.2, 0.25) is 10.0 Å². The van der Waals surface area contributed by atoms with Gasteiger partial charge in [-0.2, -0.15) is 4.31 Å². The number of halogens is 1. The molecule has 0 radical (unpaired) electrons. The average Bonchev–Trinajstić information content (AvgIpc) is 2.64. The molecule has 25 heavy (non-hydrogen) atoms.